The van der Waals surface area contributed by atoms with Crippen LogP contribution in [0, 0.1) is 6.92 Å². The number of rotatable bonds is 3. The van der Waals surface area contributed by atoms with Crippen LogP contribution in [-0.2, 0) is 6.54 Å². The van der Waals surface area contributed by atoms with Crippen molar-refractivity contribution in [3.63, 3.8) is 0 Å². The van der Waals surface area contributed by atoms with E-state index in [4.69, 9.17) is 4.42 Å². The molecule has 120 valence electrons. The average Bonchev–Trinajstić information content (AvgIpc) is 3.25. The Labute approximate surface area is 135 Å². The Balaban J connectivity index is 1.48. The summed E-state index contributed by atoms with van der Waals surface area (Å²) in [6.45, 7) is 4.58. The van der Waals surface area contributed by atoms with Crippen LogP contribution >= 0.6 is 0 Å². The van der Waals surface area contributed by atoms with Crippen LogP contribution in [0.25, 0.3) is 0 Å². The maximum absolute atomic E-state index is 12.8. The lowest BCUT2D eigenvalue weighted by atomic mass is 10.1. The van der Waals surface area contributed by atoms with E-state index < -0.39 is 0 Å². The molecule has 0 radical (unpaired) electrons. The second-order valence-corrected chi connectivity index (χ2v) is 6.39. The van der Waals surface area contributed by atoms with Crippen molar-refractivity contribution >= 4 is 5.91 Å². The van der Waals surface area contributed by atoms with E-state index in [1.165, 1.54) is 0 Å². The van der Waals surface area contributed by atoms with Gasteiger partial charge in [-0.25, -0.2) is 0 Å². The highest BCUT2D eigenvalue weighted by atomic mass is 16.3. The second kappa shape index (κ2) is 5.81. The molecule has 1 amide bonds. The SMILES string of the molecule is Cc1occc1C(=O)N1CC[C@@H]2[C@@H]1CCN2Cc1ccccn1. The van der Waals surface area contributed by atoms with Gasteiger partial charge in [0.1, 0.15) is 5.76 Å². The van der Waals surface area contributed by atoms with E-state index in [-0.39, 0.29) is 5.91 Å². The number of aromatic nitrogens is 1. The fraction of sp³-hybridized carbons (Fsp3) is 0.444. The zero-order valence-corrected chi connectivity index (χ0v) is 13.3. The first-order chi connectivity index (χ1) is 11.2. The number of amides is 1. The van der Waals surface area contributed by atoms with Gasteiger partial charge in [-0.3, -0.25) is 14.7 Å². The molecule has 0 spiro atoms. The minimum Gasteiger partial charge on any atom is -0.469 e. The minimum atomic E-state index is 0.114. The molecule has 2 aliphatic rings. The molecule has 2 aromatic heterocycles. The first-order valence-electron chi connectivity index (χ1n) is 8.23. The van der Waals surface area contributed by atoms with Gasteiger partial charge in [0.25, 0.3) is 5.91 Å². The van der Waals surface area contributed by atoms with Crippen LogP contribution in [0.1, 0.15) is 34.7 Å². The number of hydrogen-bond acceptors (Lipinski definition) is 4. The lowest BCUT2D eigenvalue weighted by Crippen LogP contribution is -2.39. The maximum atomic E-state index is 12.8. The molecule has 5 nitrogen and oxygen atoms in total. The standard InChI is InChI=1S/C18H21N3O2/c1-13-15(7-11-23-13)18(22)21-10-6-16-17(21)5-9-20(16)12-14-4-2-3-8-19-14/h2-4,7-8,11,16-17H,5-6,9-10,12H2,1H3/t16-,17+/m1/s1. The first-order valence-corrected chi connectivity index (χ1v) is 8.23. The fourth-order valence-electron chi connectivity index (χ4n) is 3.99. The predicted molar refractivity (Wildman–Crippen MR) is 85.9 cm³/mol. The van der Waals surface area contributed by atoms with Crippen molar-refractivity contribution in [3.05, 3.63) is 53.7 Å². The van der Waals surface area contributed by atoms with Gasteiger partial charge in [0, 0.05) is 37.9 Å². The summed E-state index contributed by atoms with van der Waals surface area (Å²) in [4.78, 5) is 21.7. The molecule has 23 heavy (non-hydrogen) atoms. The molecule has 0 aromatic carbocycles. The molecule has 0 aliphatic carbocycles. The van der Waals surface area contributed by atoms with E-state index in [9.17, 15) is 4.79 Å². The molecule has 4 heterocycles. The highest BCUT2D eigenvalue weighted by Gasteiger charge is 2.44. The predicted octanol–water partition coefficient (Wildman–Crippen LogP) is 2.47. The third kappa shape index (κ3) is 2.55. The number of nitrogens with zero attached hydrogens (tertiary/aromatic N) is 3. The van der Waals surface area contributed by atoms with Gasteiger partial charge in [-0.15, -0.1) is 0 Å². The normalized spacial score (nSPS) is 24.1. The summed E-state index contributed by atoms with van der Waals surface area (Å²) in [7, 11) is 0. The average molecular weight is 311 g/mol. The van der Waals surface area contributed by atoms with Crippen LogP contribution in [0.2, 0.25) is 0 Å². The summed E-state index contributed by atoms with van der Waals surface area (Å²) in [5, 5.41) is 0. The van der Waals surface area contributed by atoms with E-state index in [0.717, 1.165) is 38.2 Å². The van der Waals surface area contributed by atoms with Crippen molar-refractivity contribution in [3.8, 4) is 0 Å². The van der Waals surface area contributed by atoms with Crippen molar-refractivity contribution < 1.29 is 9.21 Å². The van der Waals surface area contributed by atoms with Crippen LogP contribution in [0.5, 0.6) is 0 Å². The van der Waals surface area contributed by atoms with Crippen LogP contribution in [0.3, 0.4) is 0 Å². The zero-order chi connectivity index (χ0) is 15.8. The summed E-state index contributed by atoms with van der Waals surface area (Å²) in [6.07, 6.45) is 5.52. The first kappa shape index (κ1) is 14.5. The topological polar surface area (TPSA) is 49.6 Å². The van der Waals surface area contributed by atoms with Crippen LogP contribution < -0.4 is 0 Å². The van der Waals surface area contributed by atoms with Crippen molar-refractivity contribution in [1.29, 1.82) is 0 Å². The number of fused-ring (bicyclic) bond motifs is 1. The van der Waals surface area contributed by atoms with Gasteiger partial charge in [-0.05, 0) is 38.0 Å². The van der Waals surface area contributed by atoms with Crippen molar-refractivity contribution in [1.82, 2.24) is 14.8 Å². The van der Waals surface area contributed by atoms with Crippen molar-refractivity contribution in [2.24, 2.45) is 0 Å². The Morgan fingerprint density at radius 2 is 2.13 bits per heavy atom. The Morgan fingerprint density at radius 1 is 1.26 bits per heavy atom. The smallest absolute Gasteiger partial charge is 0.257 e. The Morgan fingerprint density at radius 3 is 2.87 bits per heavy atom. The van der Waals surface area contributed by atoms with Crippen molar-refractivity contribution in [2.75, 3.05) is 13.1 Å². The molecule has 2 aromatic rings. The fourth-order valence-corrected chi connectivity index (χ4v) is 3.99. The third-order valence-corrected chi connectivity index (χ3v) is 5.13. The van der Waals surface area contributed by atoms with Gasteiger partial charge >= 0.3 is 0 Å². The highest BCUT2D eigenvalue weighted by Crippen LogP contribution is 2.33. The molecular formula is C18H21N3O2. The maximum Gasteiger partial charge on any atom is 0.257 e. The molecule has 0 saturated carbocycles. The van der Waals surface area contributed by atoms with E-state index in [0.29, 0.717) is 23.4 Å². The molecule has 2 atom stereocenters. The van der Waals surface area contributed by atoms with E-state index in [1.807, 2.05) is 30.2 Å². The van der Waals surface area contributed by atoms with Crippen LogP contribution in [0.4, 0.5) is 0 Å². The molecule has 0 N–H and O–H groups in total. The van der Waals surface area contributed by atoms with E-state index in [1.54, 1.807) is 12.3 Å². The second-order valence-electron chi connectivity index (χ2n) is 6.39. The number of furan rings is 1. The quantitative estimate of drug-likeness (QED) is 0.874. The molecule has 4 rings (SSSR count). The van der Waals surface area contributed by atoms with E-state index >= 15 is 0 Å². The lowest BCUT2D eigenvalue weighted by molar-refractivity contribution is 0.0730. The van der Waals surface area contributed by atoms with Gasteiger partial charge in [0.15, 0.2) is 0 Å². The molecule has 2 saturated heterocycles. The van der Waals surface area contributed by atoms with Gasteiger partial charge < -0.3 is 9.32 Å². The number of hydrogen-bond donors (Lipinski definition) is 0. The Kier molecular flexibility index (Phi) is 3.65. The summed E-state index contributed by atoms with van der Waals surface area (Å²) < 4.78 is 5.29. The Hall–Kier alpha value is -2.14. The molecular weight excluding hydrogens is 290 g/mol. The highest BCUT2D eigenvalue weighted by molar-refractivity contribution is 5.95. The number of carbonyl (C=O) groups is 1. The lowest BCUT2D eigenvalue weighted by Gasteiger charge is -2.25. The molecule has 5 heteroatoms. The molecule has 0 unspecified atom stereocenters. The zero-order valence-electron chi connectivity index (χ0n) is 13.3. The van der Waals surface area contributed by atoms with Crippen LogP contribution in [0.15, 0.2) is 41.1 Å². The Bertz CT molecular complexity index is 697. The van der Waals surface area contributed by atoms with Crippen LogP contribution in [-0.4, -0.2) is 45.9 Å². The largest absolute Gasteiger partial charge is 0.469 e. The van der Waals surface area contributed by atoms with Gasteiger partial charge in [-0.2, -0.15) is 0 Å². The van der Waals surface area contributed by atoms with Gasteiger partial charge in [-0.1, -0.05) is 6.07 Å². The number of likely N-dealkylation sites (tertiary alicyclic amines) is 2. The molecule has 2 aliphatic heterocycles. The minimum absolute atomic E-state index is 0.114. The summed E-state index contributed by atoms with van der Waals surface area (Å²) in [5.74, 6) is 0.824. The number of aryl methyl sites for hydroxylation is 1. The summed E-state index contributed by atoms with van der Waals surface area (Å²) in [5.41, 5.74) is 1.80. The number of pyridine rings is 1. The van der Waals surface area contributed by atoms with Crippen molar-refractivity contribution in [2.45, 2.75) is 38.4 Å². The van der Waals surface area contributed by atoms with E-state index in [2.05, 4.69) is 16.0 Å². The molecule has 2 fully saturated rings. The molecule has 0 bridgehead atoms. The number of carbonyl (C=O) groups excluding carboxylic acids is 1. The summed E-state index contributed by atoms with van der Waals surface area (Å²) in [6, 6.07) is 8.60. The van der Waals surface area contributed by atoms with Gasteiger partial charge in [0.05, 0.1) is 17.5 Å². The summed E-state index contributed by atoms with van der Waals surface area (Å²) >= 11 is 0. The third-order valence-electron chi connectivity index (χ3n) is 5.13. The van der Waals surface area contributed by atoms with Gasteiger partial charge in [0.2, 0.25) is 0 Å². The monoisotopic (exact) mass is 311 g/mol.